The summed E-state index contributed by atoms with van der Waals surface area (Å²) in [5, 5.41) is 8.83. The molecular formula is C12H13BrO4. The number of carboxylic acids is 1. The van der Waals surface area contributed by atoms with Crippen molar-refractivity contribution in [2.75, 3.05) is 19.8 Å². The highest BCUT2D eigenvalue weighted by Gasteiger charge is 2.34. The van der Waals surface area contributed by atoms with E-state index in [0.717, 1.165) is 0 Å². The summed E-state index contributed by atoms with van der Waals surface area (Å²) < 4.78 is 11.5. The van der Waals surface area contributed by atoms with Gasteiger partial charge in [-0.05, 0) is 34.1 Å². The molecule has 1 aliphatic heterocycles. The van der Waals surface area contributed by atoms with E-state index in [1.165, 1.54) is 12.1 Å². The van der Waals surface area contributed by atoms with Gasteiger partial charge in [-0.3, -0.25) is 0 Å². The average molecular weight is 301 g/mol. The highest BCUT2D eigenvalue weighted by Crippen LogP contribution is 2.31. The van der Waals surface area contributed by atoms with E-state index in [-0.39, 0.29) is 11.0 Å². The maximum atomic E-state index is 10.8. The normalized spacial score (nSPS) is 17.3. The molecule has 0 atom stereocenters. The molecule has 0 aliphatic carbocycles. The van der Waals surface area contributed by atoms with Gasteiger partial charge in [-0.15, -0.1) is 0 Å². The zero-order chi connectivity index (χ0) is 12.5. The monoisotopic (exact) mass is 300 g/mol. The molecule has 0 unspecified atom stereocenters. The Bertz CT molecular complexity index is 440. The van der Waals surface area contributed by atoms with Crippen LogP contribution in [-0.4, -0.2) is 30.9 Å². The van der Waals surface area contributed by atoms with Gasteiger partial charge in [0.05, 0.1) is 29.9 Å². The first-order valence-corrected chi connectivity index (χ1v) is 6.03. The Labute approximate surface area is 108 Å². The maximum Gasteiger partial charge on any atom is 0.335 e. The summed E-state index contributed by atoms with van der Waals surface area (Å²) in [5.74, 6) is -0.292. The lowest BCUT2D eigenvalue weighted by Gasteiger charge is -2.37. The van der Waals surface area contributed by atoms with Gasteiger partial charge in [0.15, 0.2) is 0 Å². The highest BCUT2D eigenvalue weighted by atomic mass is 79.9. The van der Waals surface area contributed by atoms with Crippen molar-refractivity contribution in [1.29, 1.82) is 0 Å². The van der Waals surface area contributed by atoms with Crippen LogP contribution in [0.1, 0.15) is 17.3 Å². The second kappa shape index (κ2) is 4.66. The molecule has 4 nitrogen and oxygen atoms in total. The van der Waals surface area contributed by atoms with Gasteiger partial charge >= 0.3 is 5.97 Å². The van der Waals surface area contributed by atoms with E-state index >= 15 is 0 Å². The SMILES string of the molecule is CC1(COc2ccc(C(=O)O)cc2Br)COC1. The predicted molar refractivity (Wildman–Crippen MR) is 65.5 cm³/mol. The third kappa shape index (κ3) is 2.79. The summed E-state index contributed by atoms with van der Waals surface area (Å²) in [4.78, 5) is 10.8. The Balaban J connectivity index is 2.03. The van der Waals surface area contributed by atoms with Crippen LogP contribution in [0.2, 0.25) is 0 Å². The molecule has 1 N–H and O–H groups in total. The molecule has 0 amide bonds. The summed E-state index contributed by atoms with van der Waals surface area (Å²) >= 11 is 3.30. The van der Waals surface area contributed by atoms with E-state index < -0.39 is 5.97 Å². The van der Waals surface area contributed by atoms with Crippen molar-refractivity contribution in [3.8, 4) is 5.75 Å². The first kappa shape index (κ1) is 12.4. The van der Waals surface area contributed by atoms with Crippen LogP contribution >= 0.6 is 15.9 Å². The lowest BCUT2D eigenvalue weighted by molar-refractivity contribution is -0.120. The molecule has 0 spiro atoms. The van der Waals surface area contributed by atoms with Gasteiger partial charge < -0.3 is 14.6 Å². The minimum atomic E-state index is -0.948. The fourth-order valence-corrected chi connectivity index (χ4v) is 2.03. The highest BCUT2D eigenvalue weighted by molar-refractivity contribution is 9.10. The second-order valence-corrected chi connectivity index (χ2v) is 5.40. The topological polar surface area (TPSA) is 55.8 Å². The molecule has 17 heavy (non-hydrogen) atoms. The van der Waals surface area contributed by atoms with E-state index in [9.17, 15) is 4.79 Å². The van der Waals surface area contributed by atoms with Crippen molar-refractivity contribution in [2.45, 2.75) is 6.92 Å². The van der Waals surface area contributed by atoms with Crippen molar-refractivity contribution in [1.82, 2.24) is 0 Å². The minimum absolute atomic E-state index is 0.0743. The first-order valence-electron chi connectivity index (χ1n) is 5.24. The zero-order valence-corrected chi connectivity index (χ0v) is 11.0. The summed E-state index contributed by atoms with van der Waals surface area (Å²) in [5.41, 5.74) is 0.313. The molecule has 0 bridgehead atoms. The lowest BCUT2D eigenvalue weighted by Crippen LogP contribution is -2.44. The first-order chi connectivity index (χ1) is 8.00. The number of hydrogen-bond acceptors (Lipinski definition) is 3. The van der Waals surface area contributed by atoms with Crippen molar-refractivity contribution in [3.63, 3.8) is 0 Å². The number of benzene rings is 1. The fraction of sp³-hybridized carbons (Fsp3) is 0.417. The second-order valence-electron chi connectivity index (χ2n) is 4.54. The third-order valence-corrected chi connectivity index (χ3v) is 3.28. The molecule has 1 aliphatic rings. The molecule has 5 heteroatoms. The third-order valence-electron chi connectivity index (χ3n) is 2.66. The maximum absolute atomic E-state index is 10.8. The van der Waals surface area contributed by atoms with Crippen LogP contribution in [0.5, 0.6) is 5.75 Å². The molecule has 0 saturated carbocycles. The summed E-state index contributed by atoms with van der Waals surface area (Å²) in [7, 11) is 0. The van der Waals surface area contributed by atoms with Gasteiger partial charge in [0, 0.05) is 5.41 Å². The van der Waals surface area contributed by atoms with Crippen molar-refractivity contribution in [2.24, 2.45) is 5.41 Å². The Morgan fingerprint density at radius 3 is 2.76 bits per heavy atom. The molecule has 1 heterocycles. The van der Waals surface area contributed by atoms with Crippen LogP contribution < -0.4 is 4.74 Å². The summed E-state index contributed by atoms with van der Waals surface area (Å²) in [6.45, 7) is 4.07. The number of halogens is 1. The van der Waals surface area contributed by atoms with Crippen LogP contribution in [0.3, 0.4) is 0 Å². The largest absolute Gasteiger partial charge is 0.492 e. The molecule has 2 rings (SSSR count). The molecule has 1 aromatic rings. The number of carbonyl (C=O) groups is 1. The number of rotatable bonds is 4. The average Bonchev–Trinajstić information content (AvgIpc) is 2.24. The molecule has 0 radical (unpaired) electrons. The van der Waals surface area contributed by atoms with Gasteiger partial charge in [0.1, 0.15) is 5.75 Å². The van der Waals surface area contributed by atoms with E-state index in [1.807, 2.05) is 0 Å². The molecule has 92 valence electrons. The molecule has 1 saturated heterocycles. The zero-order valence-electron chi connectivity index (χ0n) is 9.40. The van der Waals surface area contributed by atoms with Crippen LogP contribution in [0.4, 0.5) is 0 Å². The molecule has 0 aromatic heterocycles. The van der Waals surface area contributed by atoms with Gasteiger partial charge in [-0.25, -0.2) is 4.79 Å². The lowest BCUT2D eigenvalue weighted by atomic mass is 9.90. The fourth-order valence-electron chi connectivity index (χ4n) is 1.54. The predicted octanol–water partition coefficient (Wildman–Crippen LogP) is 2.56. The van der Waals surface area contributed by atoms with E-state index in [4.69, 9.17) is 14.6 Å². The van der Waals surface area contributed by atoms with Crippen molar-refractivity contribution < 1.29 is 19.4 Å². The quantitative estimate of drug-likeness (QED) is 0.928. The molecule has 1 fully saturated rings. The van der Waals surface area contributed by atoms with Gasteiger partial charge in [0.2, 0.25) is 0 Å². The number of carboxylic acid groups (broad SMARTS) is 1. The Hall–Kier alpha value is -1.07. The summed E-state index contributed by atoms with van der Waals surface area (Å²) in [6, 6.07) is 4.73. The van der Waals surface area contributed by atoms with E-state index in [0.29, 0.717) is 30.0 Å². The molecular weight excluding hydrogens is 288 g/mol. The Morgan fingerprint density at radius 1 is 1.59 bits per heavy atom. The van der Waals surface area contributed by atoms with Gasteiger partial charge in [-0.1, -0.05) is 6.92 Å². The minimum Gasteiger partial charge on any atom is -0.492 e. The van der Waals surface area contributed by atoms with Crippen LogP contribution in [0, 0.1) is 5.41 Å². The van der Waals surface area contributed by atoms with E-state index in [1.54, 1.807) is 6.07 Å². The van der Waals surface area contributed by atoms with Crippen LogP contribution in [0.15, 0.2) is 22.7 Å². The number of hydrogen-bond donors (Lipinski definition) is 1. The smallest absolute Gasteiger partial charge is 0.335 e. The standard InChI is InChI=1S/C12H13BrO4/c1-12(5-16-6-12)7-17-10-3-2-8(11(14)15)4-9(10)13/h2-4H,5-7H2,1H3,(H,14,15). The molecule has 1 aromatic carbocycles. The van der Waals surface area contributed by atoms with Gasteiger partial charge in [0.25, 0.3) is 0 Å². The Morgan fingerprint density at radius 2 is 2.29 bits per heavy atom. The van der Waals surface area contributed by atoms with Gasteiger partial charge in [-0.2, -0.15) is 0 Å². The van der Waals surface area contributed by atoms with Crippen molar-refractivity contribution >= 4 is 21.9 Å². The van der Waals surface area contributed by atoms with E-state index in [2.05, 4.69) is 22.9 Å². The summed E-state index contributed by atoms with van der Waals surface area (Å²) in [6.07, 6.45) is 0. The Kier molecular flexibility index (Phi) is 3.40. The van der Waals surface area contributed by atoms with Crippen molar-refractivity contribution in [3.05, 3.63) is 28.2 Å². The number of aromatic carboxylic acids is 1. The van der Waals surface area contributed by atoms with Crippen LogP contribution in [0.25, 0.3) is 0 Å². The number of ether oxygens (including phenoxy) is 2. The van der Waals surface area contributed by atoms with Crippen LogP contribution in [-0.2, 0) is 4.74 Å².